The van der Waals surface area contributed by atoms with E-state index in [0.717, 1.165) is 13.0 Å². The van der Waals surface area contributed by atoms with Crippen LogP contribution in [-0.4, -0.2) is 29.8 Å². The highest BCUT2D eigenvalue weighted by molar-refractivity contribution is 6.30. The Morgan fingerprint density at radius 3 is 2.50 bits per heavy atom. The fourth-order valence-electron chi connectivity index (χ4n) is 2.85. The molecule has 2 aromatic rings. The molecule has 1 aliphatic rings. The van der Waals surface area contributed by atoms with E-state index in [4.69, 9.17) is 11.6 Å². The molecule has 4 nitrogen and oxygen atoms in total. The highest BCUT2D eigenvalue weighted by Crippen LogP contribution is 2.18. The van der Waals surface area contributed by atoms with Crippen molar-refractivity contribution in [2.24, 2.45) is 0 Å². The smallest absolute Gasteiger partial charge is 0.251 e. The van der Waals surface area contributed by atoms with Crippen LogP contribution in [0.25, 0.3) is 0 Å². The van der Waals surface area contributed by atoms with Crippen LogP contribution in [0, 0.1) is 0 Å². The number of nitrogens with one attached hydrogen (secondary N) is 1. The predicted octanol–water partition coefficient (Wildman–Crippen LogP) is 3.04. The van der Waals surface area contributed by atoms with E-state index in [0.29, 0.717) is 30.1 Å². The number of nitrogens with zero attached hydrogens (tertiary/aromatic N) is 1. The van der Waals surface area contributed by atoms with Crippen molar-refractivity contribution in [1.82, 2.24) is 10.2 Å². The second-order valence-electron chi connectivity index (χ2n) is 5.85. The molecule has 0 aliphatic carbocycles. The van der Waals surface area contributed by atoms with E-state index in [2.05, 4.69) is 17.4 Å². The number of carbonyl (C=O) groups excluding carboxylic acids is 2. The van der Waals surface area contributed by atoms with Crippen molar-refractivity contribution in [1.29, 1.82) is 0 Å². The van der Waals surface area contributed by atoms with Gasteiger partial charge in [0.1, 0.15) is 0 Å². The Morgan fingerprint density at radius 2 is 1.75 bits per heavy atom. The van der Waals surface area contributed by atoms with Crippen molar-refractivity contribution in [3.05, 3.63) is 70.2 Å². The van der Waals surface area contributed by atoms with Gasteiger partial charge < -0.3 is 10.2 Å². The summed E-state index contributed by atoms with van der Waals surface area (Å²) in [4.78, 5) is 26.2. The van der Waals surface area contributed by atoms with Gasteiger partial charge in [0.05, 0.1) is 0 Å². The van der Waals surface area contributed by atoms with Crippen LogP contribution in [-0.2, 0) is 17.8 Å². The Kier molecular flexibility index (Phi) is 5.16. The number of halogens is 1. The molecule has 24 heavy (non-hydrogen) atoms. The molecule has 0 bridgehead atoms. The summed E-state index contributed by atoms with van der Waals surface area (Å²) in [5.41, 5.74) is 3.07. The van der Waals surface area contributed by atoms with Crippen LogP contribution in [0.2, 0.25) is 5.02 Å². The monoisotopic (exact) mass is 342 g/mol. The maximum absolute atomic E-state index is 12.3. The lowest BCUT2D eigenvalue weighted by atomic mass is 10.00. The molecule has 124 valence electrons. The van der Waals surface area contributed by atoms with E-state index in [1.54, 1.807) is 24.3 Å². The molecule has 0 aromatic heterocycles. The van der Waals surface area contributed by atoms with Gasteiger partial charge in [-0.1, -0.05) is 35.9 Å². The van der Waals surface area contributed by atoms with Gasteiger partial charge >= 0.3 is 0 Å². The molecule has 0 radical (unpaired) electrons. The number of rotatable bonds is 4. The molecule has 1 N–H and O–H groups in total. The van der Waals surface area contributed by atoms with Gasteiger partial charge in [-0.05, 0) is 41.8 Å². The molecule has 0 unspecified atom stereocenters. The molecule has 2 amide bonds. The molecule has 2 aromatic carbocycles. The minimum absolute atomic E-state index is 0.0703. The van der Waals surface area contributed by atoms with Crippen LogP contribution in [0.15, 0.2) is 48.5 Å². The standard InChI is InChI=1S/C19H19ClN2O2/c20-17-7-5-15(6-8-17)19(24)21-11-9-18(23)22-12-10-14-3-1-2-4-16(14)13-22/h1-8H,9-13H2,(H,21,24). The lowest BCUT2D eigenvalue weighted by Gasteiger charge is -2.29. The zero-order chi connectivity index (χ0) is 16.9. The van der Waals surface area contributed by atoms with E-state index in [1.807, 2.05) is 17.0 Å². The van der Waals surface area contributed by atoms with Crippen molar-refractivity contribution in [2.45, 2.75) is 19.4 Å². The summed E-state index contributed by atoms with van der Waals surface area (Å²) in [6.45, 7) is 1.72. The predicted molar refractivity (Wildman–Crippen MR) is 94.0 cm³/mol. The number of hydrogen-bond donors (Lipinski definition) is 1. The Balaban J connectivity index is 1.48. The lowest BCUT2D eigenvalue weighted by Crippen LogP contribution is -2.38. The van der Waals surface area contributed by atoms with Crippen molar-refractivity contribution in [3.63, 3.8) is 0 Å². The second-order valence-corrected chi connectivity index (χ2v) is 6.28. The third kappa shape index (κ3) is 3.95. The first-order valence-corrected chi connectivity index (χ1v) is 8.39. The van der Waals surface area contributed by atoms with Gasteiger partial charge in [0.15, 0.2) is 0 Å². The third-order valence-electron chi connectivity index (χ3n) is 4.21. The highest BCUT2D eigenvalue weighted by Gasteiger charge is 2.20. The zero-order valence-electron chi connectivity index (χ0n) is 13.3. The SMILES string of the molecule is O=C(NCCC(=O)N1CCc2ccccc2C1)c1ccc(Cl)cc1. The fraction of sp³-hybridized carbons (Fsp3) is 0.263. The van der Waals surface area contributed by atoms with Crippen LogP contribution in [0.1, 0.15) is 27.9 Å². The van der Waals surface area contributed by atoms with Crippen molar-refractivity contribution >= 4 is 23.4 Å². The Hall–Kier alpha value is -2.33. The maximum atomic E-state index is 12.3. The molecule has 0 atom stereocenters. The lowest BCUT2D eigenvalue weighted by molar-refractivity contribution is -0.131. The number of hydrogen-bond acceptors (Lipinski definition) is 2. The first kappa shape index (κ1) is 16.5. The number of benzene rings is 2. The molecular weight excluding hydrogens is 324 g/mol. The summed E-state index contributed by atoms with van der Waals surface area (Å²) < 4.78 is 0. The van der Waals surface area contributed by atoms with Gasteiger partial charge in [0.25, 0.3) is 5.91 Å². The number of fused-ring (bicyclic) bond motifs is 1. The van der Waals surface area contributed by atoms with Crippen molar-refractivity contribution in [2.75, 3.05) is 13.1 Å². The molecular formula is C19H19ClN2O2. The normalized spacial score (nSPS) is 13.3. The fourth-order valence-corrected chi connectivity index (χ4v) is 2.98. The van der Waals surface area contributed by atoms with Crippen LogP contribution in [0.3, 0.4) is 0 Å². The van der Waals surface area contributed by atoms with Gasteiger partial charge in [-0.25, -0.2) is 0 Å². The Bertz CT molecular complexity index is 743. The average molecular weight is 343 g/mol. The number of carbonyl (C=O) groups is 2. The van der Waals surface area contributed by atoms with E-state index in [-0.39, 0.29) is 11.8 Å². The minimum Gasteiger partial charge on any atom is -0.352 e. The largest absolute Gasteiger partial charge is 0.352 e. The van der Waals surface area contributed by atoms with Crippen LogP contribution in [0.4, 0.5) is 0 Å². The van der Waals surface area contributed by atoms with Crippen molar-refractivity contribution < 1.29 is 9.59 Å². The first-order valence-electron chi connectivity index (χ1n) is 8.02. The topological polar surface area (TPSA) is 49.4 Å². The van der Waals surface area contributed by atoms with E-state index < -0.39 is 0 Å². The molecule has 1 heterocycles. The summed E-state index contributed by atoms with van der Waals surface area (Å²) >= 11 is 5.80. The molecule has 1 aliphatic heterocycles. The molecule has 5 heteroatoms. The quantitative estimate of drug-likeness (QED) is 0.928. The summed E-state index contributed by atoms with van der Waals surface area (Å²) in [7, 11) is 0. The summed E-state index contributed by atoms with van der Waals surface area (Å²) in [6.07, 6.45) is 1.19. The van der Waals surface area contributed by atoms with Gasteiger partial charge in [0, 0.05) is 36.6 Å². The summed E-state index contributed by atoms with van der Waals surface area (Å²) in [6, 6.07) is 14.9. The molecule has 3 rings (SSSR count). The minimum atomic E-state index is -0.191. The Labute approximate surface area is 146 Å². The van der Waals surface area contributed by atoms with Gasteiger partial charge in [0.2, 0.25) is 5.91 Å². The van der Waals surface area contributed by atoms with Crippen LogP contribution in [0.5, 0.6) is 0 Å². The summed E-state index contributed by atoms with van der Waals surface area (Å²) in [5.74, 6) is -0.121. The van der Waals surface area contributed by atoms with E-state index in [1.165, 1.54) is 11.1 Å². The van der Waals surface area contributed by atoms with Crippen LogP contribution >= 0.6 is 11.6 Å². The molecule has 0 spiro atoms. The maximum Gasteiger partial charge on any atom is 0.251 e. The third-order valence-corrected chi connectivity index (χ3v) is 4.47. The molecule has 0 saturated heterocycles. The average Bonchev–Trinajstić information content (AvgIpc) is 2.61. The zero-order valence-corrected chi connectivity index (χ0v) is 14.1. The van der Waals surface area contributed by atoms with Crippen LogP contribution < -0.4 is 5.32 Å². The number of amides is 2. The van der Waals surface area contributed by atoms with E-state index in [9.17, 15) is 9.59 Å². The van der Waals surface area contributed by atoms with Gasteiger partial charge in [-0.15, -0.1) is 0 Å². The molecule has 0 fully saturated rings. The molecule has 0 saturated carbocycles. The van der Waals surface area contributed by atoms with Gasteiger partial charge in [-0.3, -0.25) is 9.59 Å². The Morgan fingerprint density at radius 1 is 1.04 bits per heavy atom. The highest BCUT2D eigenvalue weighted by atomic mass is 35.5. The van der Waals surface area contributed by atoms with Crippen molar-refractivity contribution in [3.8, 4) is 0 Å². The first-order chi connectivity index (χ1) is 11.6. The summed E-state index contributed by atoms with van der Waals surface area (Å²) in [5, 5.41) is 3.37. The van der Waals surface area contributed by atoms with Gasteiger partial charge in [-0.2, -0.15) is 0 Å². The van der Waals surface area contributed by atoms with E-state index >= 15 is 0 Å². The second kappa shape index (κ2) is 7.49.